The molecule has 22 heavy (non-hydrogen) atoms. The molecule has 1 unspecified atom stereocenters. The fraction of sp³-hybridized carbons (Fsp3) is 0.625. The number of fused-ring (bicyclic) bond motifs is 1. The highest BCUT2D eigenvalue weighted by Gasteiger charge is 2.52. The molecule has 6 heteroatoms. The highest BCUT2D eigenvalue weighted by Crippen LogP contribution is 2.38. The monoisotopic (exact) mass is 322 g/mol. The highest BCUT2D eigenvalue weighted by molar-refractivity contribution is 7.91. The topological polar surface area (TPSA) is 50.8 Å². The summed E-state index contributed by atoms with van der Waals surface area (Å²) in [7, 11) is -0.442. The van der Waals surface area contributed by atoms with Crippen molar-refractivity contribution in [3.05, 3.63) is 18.2 Å². The fourth-order valence-electron chi connectivity index (χ4n) is 2.63. The summed E-state index contributed by atoms with van der Waals surface area (Å²) in [6.07, 6.45) is 0. The van der Waals surface area contributed by atoms with E-state index in [9.17, 15) is 4.55 Å². The van der Waals surface area contributed by atoms with Gasteiger partial charge in [0, 0.05) is 0 Å². The fourth-order valence-corrected chi connectivity index (χ4v) is 4.08. The highest BCUT2D eigenvalue weighted by atomic mass is 32.2. The molecule has 0 saturated carbocycles. The van der Waals surface area contributed by atoms with Crippen molar-refractivity contribution in [1.29, 1.82) is 0 Å². The second kappa shape index (κ2) is 4.90. The molecule has 2 aliphatic rings. The van der Waals surface area contributed by atoms with Gasteiger partial charge < -0.3 is 18.6 Å². The standard InChI is InChI=1S/C16H23BO4S/c1-14(2)10-22(18)13-9-11(7-8-12(13)19-14)17-20-15(3,4)16(5,6)21-17/h7-9H,10H2,1-6H3. The zero-order chi connectivity index (χ0) is 16.3. The van der Waals surface area contributed by atoms with Crippen LogP contribution in [0.15, 0.2) is 23.1 Å². The molecule has 3 rings (SSSR count). The molecular weight excluding hydrogens is 299 g/mol. The molecule has 1 saturated heterocycles. The van der Waals surface area contributed by atoms with Crippen LogP contribution in [0, 0.1) is 0 Å². The van der Waals surface area contributed by atoms with Gasteiger partial charge in [0.05, 0.1) is 11.2 Å². The van der Waals surface area contributed by atoms with Gasteiger partial charge in [-0.1, -0.05) is 6.07 Å². The van der Waals surface area contributed by atoms with Gasteiger partial charge in [-0.15, -0.1) is 0 Å². The van der Waals surface area contributed by atoms with Crippen LogP contribution >= 0.6 is 0 Å². The van der Waals surface area contributed by atoms with Crippen LogP contribution in [-0.4, -0.2) is 34.2 Å². The van der Waals surface area contributed by atoms with Crippen molar-refractivity contribution in [1.82, 2.24) is 0 Å². The summed E-state index contributed by atoms with van der Waals surface area (Å²) in [4.78, 5) is 0.728. The van der Waals surface area contributed by atoms with Gasteiger partial charge in [-0.2, -0.15) is 0 Å². The first kappa shape index (κ1) is 16.2. The summed E-state index contributed by atoms with van der Waals surface area (Å²) >= 11 is -1.07. The maximum atomic E-state index is 12.5. The Morgan fingerprint density at radius 2 is 1.64 bits per heavy atom. The van der Waals surface area contributed by atoms with Gasteiger partial charge in [-0.05, 0) is 70.3 Å². The van der Waals surface area contributed by atoms with Gasteiger partial charge in [0.2, 0.25) is 0 Å². The minimum absolute atomic E-state index is 0.384. The normalized spacial score (nSPS) is 28.1. The van der Waals surface area contributed by atoms with Crippen LogP contribution < -0.4 is 10.2 Å². The van der Waals surface area contributed by atoms with Crippen molar-refractivity contribution >= 4 is 23.8 Å². The molecule has 120 valence electrons. The molecule has 1 fully saturated rings. The van der Waals surface area contributed by atoms with E-state index in [0.717, 1.165) is 10.4 Å². The van der Waals surface area contributed by atoms with Crippen molar-refractivity contribution < 1.29 is 18.6 Å². The predicted octanol–water partition coefficient (Wildman–Crippen LogP) is 2.26. The van der Waals surface area contributed by atoms with Gasteiger partial charge in [0.25, 0.3) is 0 Å². The third-order valence-electron chi connectivity index (χ3n) is 4.60. The Balaban J connectivity index is 1.91. The van der Waals surface area contributed by atoms with Crippen molar-refractivity contribution in [3.8, 4) is 5.75 Å². The molecule has 1 aromatic rings. The number of ether oxygens (including phenoxy) is 1. The van der Waals surface area contributed by atoms with Crippen molar-refractivity contribution in [2.24, 2.45) is 0 Å². The van der Waals surface area contributed by atoms with Crippen LogP contribution in [-0.2, 0) is 20.5 Å². The van der Waals surface area contributed by atoms with Gasteiger partial charge >= 0.3 is 7.12 Å². The summed E-state index contributed by atoms with van der Waals surface area (Å²) in [5, 5.41) is 0. The van der Waals surface area contributed by atoms with Gasteiger partial charge in [0.15, 0.2) is 10.6 Å². The summed E-state index contributed by atoms with van der Waals surface area (Å²) in [6, 6.07) is 5.69. The molecule has 1 aromatic carbocycles. The van der Waals surface area contributed by atoms with E-state index in [1.54, 1.807) is 0 Å². The van der Waals surface area contributed by atoms with Crippen LogP contribution in [0.25, 0.3) is 0 Å². The van der Waals surface area contributed by atoms with Crippen molar-refractivity contribution in [2.45, 2.75) is 63.2 Å². The molecule has 0 N–H and O–H groups in total. The number of hydrogen-bond acceptors (Lipinski definition) is 4. The third kappa shape index (κ3) is 2.66. The van der Waals surface area contributed by atoms with Crippen LogP contribution in [0.3, 0.4) is 0 Å². The molecule has 1 atom stereocenters. The Bertz CT molecular complexity index is 584. The predicted molar refractivity (Wildman–Crippen MR) is 88.1 cm³/mol. The van der Waals surface area contributed by atoms with E-state index in [0.29, 0.717) is 11.5 Å². The van der Waals surface area contributed by atoms with Gasteiger partial charge in [-0.3, -0.25) is 0 Å². The second-order valence-electron chi connectivity index (χ2n) is 7.65. The lowest BCUT2D eigenvalue weighted by Gasteiger charge is -2.33. The zero-order valence-corrected chi connectivity index (χ0v) is 14.9. The molecule has 0 aliphatic carbocycles. The van der Waals surface area contributed by atoms with Gasteiger partial charge in [0.1, 0.15) is 11.4 Å². The molecule has 0 spiro atoms. The average molecular weight is 322 g/mol. The Kier molecular flexibility index (Phi) is 3.61. The quantitative estimate of drug-likeness (QED) is 0.588. The molecule has 2 aliphatic heterocycles. The molecule has 0 radical (unpaired) electrons. The van der Waals surface area contributed by atoms with E-state index in [2.05, 4.69) is 0 Å². The lowest BCUT2D eigenvalue weighted by molar-refractivity contribution is 0.00578. The van der Waals surface area contributed by atoms with Crippen LogP contribution in [0.1, 0.15) is 41.5 Å². The average Bonchev–Trinajstić information content (AvgIpc) is 2.56. The Morgan fingerprint density at radius 3 is 2.23 bits per heavy atom. The SMILES string of the molecule is CC1(C)C[S+]([O-])c2cc(B3OC(C)(C)C(C)(C)O3)ccc2O1. The molecular formula is C16H23BO4S. The van der Waals surface area contributed by atoms with E-state index in [1.807, 2.05) is 59.7 Å². The summed E-state index contributed by atoms with van der Waals surface area (Å²) in [5.41, 5.74) is -0.283. The molecule has 0 aromatic heterocycles. The minimum atomic E-state index is -1.07. The van der Waals surface area contributed by atoms with Crippen molar-refractivity contribution in [2.75, 3.05) is 5.75 Å². The molecule has 4 nitrogen and oxygen atoms in total. The summed E-state index contributed by atoms with van der Waals surface area (Å²) in [6.45, 7) is 12.0. The second-order valence-corrected chi connectivity index (χ2v) is 9.07. The first-order chi connectivity index (χ1) is 10.0. The van der Waals surface area contributed by atoms with E-state index < -0.39 is 23.9 Å². The summed E-state index contributed by atoms with van der Waals surface area (Å²) in [5.74, 6) is 1.18. The zero-order valence-electron chi connectivity index (χ0n) is 14.1. The van der Waals surface area contributed by atoms with E-state index in [4.69, 9.17) is 14.0 Å². The van der Waals surface area contributed by atoms with Crippen molar-refractivity contribution in [3.63, 3.8) is 0 Å². The number of rotatable bonds is 1. The Morgan fingerprint density at radius 1 is 1.05 bits per heavy atom. The number of benzene rings is 1. The minimum Gasteiger partial charge on any atom is -0.611 e. The van der Waals surface area contributed by atoms with E-state index >= 15 is 0 Å². The first-order valence-corrected chi connectivity index (χ1v) is 8.90. The number of hydrogen-bond donors (Lipinski definition) is 0. The van der Waals surface area contributed by atoms with Crippen LogP contribution in [0.5, 0.6) is 5.75 Å². The van der Waals surface area contributed by atoms with Gasteiger partial charge in [-0.25, -0.2) is 0 Å². The van der Waals surface area contributed by atoms with Crippen LogP contribution in [0.2, 0.25) is 0 Å². The Hall–Kier alpha value is -0.685. The Labute approximate surface area is 135 Å². The summed E-state index contributed by atoms with van der Waals surface area (Å²) < 4.78 is 30.5. The molecule has 2 heterocycles. The third-order valence-corrected chi connectivity index (χ3v) is 6.37. The lowest BCUT2D eigenvalue weighted by Crippen LogP contribution is -2.42. The smallest absolute Gasteiger partial charge is 0.495 e. The largest absolute Gasteiger partial charge is 0.611 e. The molecule has 0 bridgehead atoms. The lowest BCUT2D eigenvalue weighted by atomic mass is 9.79. The molecule has 0 amide bonds. The first-order valence-electron chi connectivity index (χ1n) is 7.58. The maximum absolute atomic E-state index is 12.5. The van der Waals surface area contributed by atoms with E-state index in [-0.39, 0.29) is 11.2 Å². The van der Waals surface area contributed by atoms with E-state index in [1.165, 1.54) is 0 Å². The maximum Gasteiger partial charge on any atom is 0.495 e. The van der Waals surface area contributed by atoms with Crippen LogP contribution in [0.4, 0.5) is 0 Å².